The van der Waals surface area contributed by atoms with E-state index in [4.69, 9.17) is 0 Å². The van der Waals surface area contributed by atoms with E-state index >= 15 is 0 Å². The second kappa shape index (κ2) is 7.19. The molecule has 0 aliphatic carbocycles. The summed E-state index contributed by atoms with van der Waals surface area (Å²) in [7, 11) is 0. The van der Waals surface area contributed by atoms with Gasteiger partial charge in [0.25, 0.3) is 0 Å². The smallest absolute Gasteiger partial charge is 0.239 e. The topological polar surface area (TPSA) is 52.6 Å². The van der Waals surface area contributed by atoms with Gasteiger partial charge in [-0.2, -0.15) is 0 Å². The molecule has 0 aromatic heterocycles. The number of amides is 1. The molecule has 2 aliphatic heterocycles. The second-order valence-corrected chi connectivity index (χ2v) is 4.94. The predicted octanol–water partition coefficient (Wildman–Crippen LogP) is 0.924. The summed E-state index contributed by atoms with van der Waals surface area (Å²) < 4.78 is 0. The third kappa shape index (κ3) is 4.12. The van der Waals surface area contributed by atoms with Crippen molar-refractivity contribution in [2.45, 2.75) is 50.7 Å². The van der Waals surface area contributed by atoms with E-state index in [2.05, 4.69) is 5.32 Å². The van der Waals surface area contributed by atoms with Crippen LogP contribution in [0.15, 0.2) is 0 Å². The van der Waals surface area contributed by atoms with Crippen LogP contribution in [0, 0.1) is 0 Å². The van der Waals surface area contributed by atoms with E-state index in [0.717, 1.165) is 25.9 Å². The van der Waals surface area contributed by atoms with Crippen molar-refractivity contribution >= 4 is 18.3 Å². The van der Waals surface area contributed by atoms with E-state index in [-0.39, 0.29) is 30.5 Å². The number of hydrogen-bond donors (Lipinski definition) is 2. The summed E-state index contributed by atoms with van der Waals surface area (Å²) in [6.45, 7) is 2.35. The molecule has 4 nitrogen and oxygen atoms in total. The Hall–Kier alpha value is -0.320. The molecule has 0 saturated carbocycles. The summed E-state index contributed by atoms with van der Waals surface area (Å²) in [6.07, 6.45) is 6.28. The molecule has 2 fully saturated rings. The SMILES string of the molecule is Cl.O=C(C1CC(O)CN1)N1CCCCCCC1. The Bertz CT molecular complexity index is 243. The van der Waals surface area contributed by atoms with Crippen molar-refractivity contribution in [2.75, 3.05) is 19.6 Å². The zero-order valence-corrected chi connectivity index (χ0v) is 11.0. The Kier molecular flexibility index (Phi) is 6.23. The van der Waals surface area contributed by atoms with Gasteiger partial charge in [-0.25, -0.2) is 0 Å². The van der Waals surface area contributed by atoms with E-state index in [1.165, 1.54) is 19.3 Å². The first-order valence-electron chi connectivity index (χ1n) is 6.47. The number of β-amino-alcohol motifs (C(OH)–C–C–N with tert-alkyl or cyclic N) is 1. The zero-order valence-electron chi connectivity index (χ0n) is 10.2. The first-order chi connectivity index (χ1) is 7.77. The van der Waals surface area contributed by atoms with Crippen molar-refractivity contribution in [1.29, 1.82) is 0 Å². The van der Waals surface area contributed by atoms with Crippen LogP contribution in [0.2, 0.25) is 0 Å². The average Bonchev–Trinajstić information content (AvgIpc) is 2.63. The maximum atomic E-state index is 12.2. The minimum absolute atomic E-state index is 0. The molecular formula is C12H23ClN2O2. The van der Waals surface area contributed by atoms with E-state index in [1.807, 2.05) is 4.90 Å². The number of nitrogens with one attached hydrogen (secondary N) is 1. The van der Waals surface area contributed by atoms with Gasteiger partial charge in [-0.15, -0.1) is 12.4 Å². The highest BCUT2D eigenvalue weighted by Gasteiger charge is 2.31. The zero-order chi connectivity index (χ0) is 11.4. The van der Waals surface area contributed by atoms with Crippen LogP contribution in [0.3, 0.4) is 0 Å². The Balaban J connectivity index is 0.00000144. The summed E-state index contributed by atoms with van der Waals surface area (Å²) >= 11 is 0. The quantitative estimate of drug-likeness (QED) is 0.739. The van der Waals surface area contributed by atoms with Crippen LogP contribution in [0.25, 0.3) is 0 Å². The van der Waals surface area contributed by atoms with Gasteiger partial charge in [-0.3, -0.25) is 4.79 Å². The van der Waals surface area contributed by atoms with Gasteiger partial charge < -0.3 is 15.3 Å². The lowest BCUT2D eigenvalue weighted by Crippen LogP contribution is -2.44. The standard InChI is InChI=1S/C12H22N2O2.ClH/c15-10-8-11(13-9-10)12(16)14-6-4-2-1-3-5-7-14;/h10-11,13,15H,1-9H2;1H. The van der Waals surface area contributed by atoms with Gasteiger partial charge >= 0.3 is 0 Å². The first-order valence-corrected chi connectivity index (χ1v) is 6.47. The molecule has 17 heavy (non-hydrogen) atoms. The first kappa shape index (κ1) is 14.7. The summed E-state index contributed by atoms with van der Waals surface area (Å²) in [6, 6.07) is -0.144. The van der Waals surface area contributed by atoms with E-state index in [1.54, 1.807) is 0 Å². The Labute approximate surface area is 109 Å². The number of nitrogens with zero attached hydrogens (tertiary/aromatic N) is 1. The number of likely N-dealkylation sites (tertiary alicyclic amines) is 1. The lowest BCUT2D eigenvalue weighted by molar-refractivity contribution is -0.133. The molecule has 100 valence electrons. The van der Waals surface area contributed by atoms with Gasteiger partial charge in [0.15, 0.2) is 0 Å². The molecule has 1 amide bonds. The Morgan fingerprint density at radius 3 is 2.24 bits per heavy atom. The molecule has 0 aromatic rings. The van der Waals surface area contributed by atoms with Gasteiger partial charge in [-0.05, 0) is 19.3 Å². The molecule has 2 heterocycles. The van der Waals surface area contributed by atoms with Gasteiger partial charge in [0, 0.05) is 19.6 Å². The average molecular weight is 263 g/mol. The molecule has 5 heteroatoms. The summed E-state index contributed by atoms with van der Waals surface area (Å²) in [5, 5.41) is 12.5. The van der Waals surface area contributed by atoms with Crippen molar-refractivity contribution in [1.82, 2.24) is 10.2 Å². The number of aliphatic hydroxyl groups is 1. The summed E-state index contributed by atoms with van der Waals surface area (Å²) in [5.74, 6) is 0.193. The molecule has 0 bridgehead atoms. The fraction of sp³-hybridized carbons (Fsp3) is 0.917. The van der Waals surface area contributed by atoms with Crippen LogP contribution in [0.5, 0.6) is 0 Å². The molecule has 2 saturated heterocycles. The summed E-state index contributed by atoms with van der Waals surface area (Å²) in [5.41, 5.74) is 0. The minimum atomic E-state index is -0.344. The monoisotopic (exact) mass is 262 g/mol. The van der Waals surface area contributed by atoms with E-state index < -0.39 is 0 Å². The van der Waals surface area contributed by atoms with Crippen LogP contribution in [-0.4, -0.2) is 47.7 Å². The minimum Gasteiger partial charge on any atom is -0.392 e. The maximum absolute atomic E-state index is 12.2. The van der Waals surface area contributed by atoms with Gasteiger partial charge in [0.2, 0.25) is 5.91 Å². The molecule has 0 aromatic carbocycles. The molecule has 0 spiro atoms. The van der Waals surface area contributed by atoms with Crippen LogP contribution in [0.1, 0.15) is 38.5 Å². The van der Waals surface area contributed by atoms with Crippen molar-refractivity contribution in [3.05, 3.63) is 0 Å². The molecular weight excluding hydrogens is 240 g/mol. The van der Waals surface area contributed by atoms with Crippen LogP contribution in [-0.2, 0) is 4.79 Å². The number of rotatable bonds is 1. The third-order valence-corrected chi connectivity index (χ3v) is 3.57. The largest absolute Gasteiger partial charge is 0.392 e. The van der Waals surface area contributed by atoms with Crippen molar-refractivity contribution in [3.8, 4) is 0 Å². The molecule has 2 N–H and O–H groups in total. The predicted molar refractivity (Wildman–Crippen MR) is 69.3 cm³/mol. The molecule has 2 unspecified atom stereocenters. The van der Waals surface area contributed by atoms with Gasteiger partial charge in [-0.1, -0.05) is 19.3 Å². The molecule has 2 aliphatic rings. The highest BCUT2D eigenvalue weighted by molar-refractivity contribution is 5.85. The number of carbonyl (C=O) groups excluding carboxylic acids is 1. The normalized spacial score (nSPS) is 30.3. The lowest BCUT2D eigenvalue weighted by Gasteiger charge is -2.27. The fourth-order valence-corrected chi connectivity index (χ4v) is 2.59. The second-order valence-electron chi connectivity index (χ2n) is 4.94. The third-order valence-electron chi connectivity index (χ3n) is 3.57. The van der Waals surface area contributed by atoms with Crippen LogP contribution < -0.4 is 5.32 Å². The molecule has 2 atom stereocenters. The molecule has 2 rings (SSSR count). The van der Waals surface area contributed by atoms with Crippen molar-refractivity contribution in [2.24, 2.45) is 0 Å². The highest BCUT2D eigenvalue weighted by Crippen LogP contribution is 2.14. The van der Waals surface area contributed by atoms with Crippen molar-refractivity contribution < 1.29 is 9.90 Å². The van der Waals surface area contributed by atoms with Crippen LogP contribution >= 0.6 is 12.4 Å². The lowest BCUT2D eigenvalue weighted by atomic mass is 10.1. The van der Waals surface area contributed by atoms with Crippen LogP contribution in [0.4, 0.5) is 0 Å². The number of hydrogen-bond acceptors (Lipinski definition) is 3. The highest BCUT2D eigenvalue weighted by atomic mass is 35.5. The van der Waals surface area contributed by atoms with E-state index in [0.29, 0.717) is 13.0 Å². The van der Waals surface area contributed by atoms with Gasteiger partial charge in [0.1, 0.15) is 0 Å². The number of carbonyl (C=O) groups is 1. The Morgan fingerprint density at radius 2 is 1.71 bits per heavy atom. The maximum Gasteiger partial charge on any atom is 0.239 e. The molecule has 0 radical (unpaired) electrons. The van der Waals surface area contributed by atoms with Crippen molar-refractivity contribution in [3.63, 3.8) is 0 Å². The number of aliphatic hydroxyl groups excluding tert-OH is 1. The number of halogens is 1. The fourth-order valence-electron chi connectivity index (χ4n) is 2.59. The van der Waals surface area contributed by atoms with Gasteiger partial charge in [0.05, 0.1) is 12.1 Å². The summed E-state index contributed by atoms with van der Waals surface area (Å²) in [4.78, 5) is 14.1. The van der Waals surface area contributed by atoms with E-state index in [9.17, 15) is 9.90 Å². The Morgan fingerprint density at radius 1 is 1.12 bits per heavy atom.